The molecule has 2 atom stereocenters. The van der Waals surface area contributed by atoms with Crippen LogP contribution in [-0.2, 0) is 15.1 Å². The van der Waals surface area contributed by atoms with Crippen LogP contribution in [0.1, 0.15) is 21.5 Å². The molecule has 28 heavy (non-hydrogen) atoms. The van der Waals surface area contributed by atoms with Gasteiger partial charge in [0.2, 0.25) is 0 Å². The molecular formula is C20H11NO7. The maximum atomic E-state index is 12.6. The summed E-state index contributed by atoms with van der Waals surface area (Å²) in [6.07, 6.45) is 4.19. The first-order chi connectivity index (χ1) is 13.4. The van der Waals surface area contributed by atoms with E-state index < -0.39 is 22.4 Å². The second-order valence-corrected chi connectivity index (χ2v) is 6.68. The van der Waals surface area contributed by atoms with Gasteiger partial charge in [0.25, 0.3) is 5.69 Å². The Labute approximate surface area is 157 Å². The number of aromatic hydroxyl groups is 1. The third-order valence-corrected chi connectivity index (χ3v) is 5.16. The van der Waals surface area contributed by atoms with Gasteiger partial charge in [0, 0.05) is 35.4 Å². The van der Waals surface area contributed by atoms with Gasteiger partial charge < -0.3 is 14.6 Å². The molecule has 0 radical (unpaired) electrons. The van der Waals surface area contributed by atoms with Crippen molar-refractivity contribution in [2.45, 2.75) is 5.60 Å². The van der Waals surface area contributed by atoms with E-state index in [0.717, 1.165) is 0 Å². The average Bonchev–Trinajstić information content (AvgIpc) is 2.94. The molecular weight excluding hydrogens is 366 g/mol. The molecule has 0 bridgehead atoms. The number of ketones is 1. The summed E-state index contributed by atoms with van der Waals surface area (Å²) in [5.41, 5.74) is -0.681. The summed E-state index contributed by atoms with van der Waals surface area (Å²) < 4.78 is 11.6. The number of rotatable bonds is 1. The molecule has 2 aromatic carbocycles. The Morgan fingerprint density at radius 1 is 1.11 bits per heavy atom. The number of benzene rings is 2. The van der Waals surface area contributed by atoms with E-state index in [0.29, 0.717) is 11.1 Å². The Morgan fingerprint density at radius 2 is 1.93 bits per heavy atom. The van der Waals surface area contributed by atoms with E-state index in [9.17, 15) is 24.8 Å². The molecule has 0 saturated carbocycles. The normalized spacial score (nSPS) is 24.0. The van der Waals surface area contributed by atoms with Crippen LogP contribution in [0, 0.1) is 16.0 Å². The number of hydrogen-bond donors (Lipinski definition) is 1. The minimum atomic E-state index is -1.44. The summed E-state index contributed by atoms with van der Waals surface area (Å²) in [4.78, 5) is 35.3. The van der Waals surface area contributed by atoms with Crippen molar-refractivity contribution in [3.05, 3.63) is 87.2 Å². The van der Waals surface area contributed by atoms with Gasteiger partial charge in [0.1, 0.15) is 17.3 Å². The minimum absolute atomic E-state index is 0.0748. The zero-order valence-electron chi connectivity index (χ0n) is 14.1. The summed E-state index contributed by atoms with van der Waals surface area (Å²) in [7, 11) is 0. The van der Waals surface area contributed by atoms with Gasteiger partial charge in [-0.15, -0.1) is 0 Å². The van der Waals surface area contributed by atoms with E-state index in [1.165, 1.54) is 42.5 Å². The largest absolute Gasteiger partial charge is 0.508 e. The maximum absolute atomic E-state index is 12.6. The van der Waals surface area contributed by atoms with Gasteiger partial charge in [-0.2, -0.15) is 0 Å². The monoisotopic (exact) mass is 377 g/mol. The first-order valence-corrected chi connectivity index (χ1v) is 8.37. The zero-order valence-corrected chi connectivity index (χ0v) is 14.1. The number of hydrogen-bond acceptors (Lipinski definition) is 7. The third-order valence-electron chi connectivity index (χ3n) is 5.16. The molecule has 0 fully saturated rings. The summed E-state index contributed by atoms with van der Waals surface area (Å²) in [5.74, 6) is -1.25. The number of carbonyl (C=O) groups is 2. The van der Waals surface area contributed by atoms with Crippen LogP contribution in [0.25, 0.3) is 0 Å². The fourth-order valence-corrected chi connectivity index (χ4v) is 4.01. The van der Waals surface area contributed by atoms with E-state index in [-0.39, 0.29) is 34.3 Å². The predicted molar refractivity (Wildman–Crippen MR) is 93.7 cm³/mol. The van der Waals surface area contributed by atoms with Gasteiger partial charge in [-0.1, -0.05) is 6.08 Å². The van der Waals surface area contributed by atoms with Gasteiger partial charge in [-0.25, -0.2) is 4.79 Å². The average molecular weight is 377 g/mol. The van der Waals surface area contributed by atoms with Crippen LogP contribution in [0.2, 0.25) is 0 Å². The molecule has 2 heterocycles. The molecule has 0 aromatic heterocycles. The van der Waals surface area contributed by atoms with E-state index in [4.69, 9.17) is 9.47 Å². The molecule has 8 nitrogen and oxygen atoms in total. The predicted octanol–water partition coefficient (Wildman–Crippen LogP) is 2.75. The van der Waals surface area contributed by atoms with Crippen LogP contribution >= 0.6 is 0 Å². The first kappa shape index (κ1) is 16.2. The summed E-state index contributed by atoms with van der Waals surface area (Å²) >= 11 is 0. The fraction of sp³-hybridized carbons (Fsp3) is 0.100. The third kappa shape index (κ3) is 1.99. The number of nitrogens with zero attached hydrogens (tertiary/aromatic N) is 1. The lowest BCUT2D eigenvalue weighted by Crippen LogP contribution is -2.42. The van der Waals surface area contributed by atoms with Crippen molar-refractivity contribution in [2.75, 3.05) is 0 Å². The maximum Gasteiger partial charge on any atom is 0.339 e. The number of carbonyl (C=O) groups excluding carboxylic acids is 2. The van der Waals surface area contributed by atoms with E-state index in [1.54, 1.807) is 12.1 Å². The van der Waals surface area contributed by atoms with Crippen LogP contribution < -0.4 is 4.74 Å². The van der Waals surface area contributed by atoms with Gasteiger partial charge >= 0.3 is 5.97 Å². The number of allylic oxidation sites excluding steroid dienone is 2. The minimum Gasteiger partial charge on any atom is -0.508 e. The Bertz CT molecular complexity index is 1160. The Kier molecular flexibility index (Phi) is 3.07. The Balaban J connectivity index is 1.86. The van der Waals surface area contributed by atoms with Crippen LogP contribution in [0.3, 0.4) is 0 Å². The fourth-order valence-electron chi connectivity index (χ4n) is 4.01. The molecule has 0 saturated heterocycles. The molecule has 138 valence electrons. The second kappa shape index (κ2) is 5.29. The number of nitro benzene ring substituents is 1. The Hall–Kier alpha value is -3.94. The molecule has 2 aliphatic heterocycles. The molecule has 5 rings (SSSR count). The lowest BCUT2D eigenvalue weighted by atomic mass is 9.71. The van der Waals surface area contributed by atoms with Crippen LogP contribution in [-0.4, -0.2) is 21.8 Å². The molecule has 8 heteroatoms. The SMILES string of the molecule is O=C1C=CC2C(=C1)Oc1cc(O)ccc1C21OC(=O)c2ccc([N+](=O)[O-])cc21. The highest BCUT2D eigenvalue weighted by Gasteiger charge is 2.58. The van der Waals surface area contributed by atoms with Crippen molar-refractivity contribution < 1.29 is 29.1 Å². The molecule has 1 N–H and O–H groups in total. The molecule has 0 amide bonds. The Morgan fingerprint density at radius 3 is 2.71 bits per heavy atom. The van der Waals surface area contributed by atoms with E-state index in [1.807, 2.05) is 0 Å². The van der Waals surface area contributed by atoms with Gasteiger partial charge in [0.15, 0.2) is 11.4 Å². The van der Waals surface area contributed by atoms with Gasteiger partial charge in [-0.3, -0.25) is 14.9 Å². The number of ether oxygens (including phenoxy) is 2. The highest BCUT2D eigenvalue weighted by atomic mass is 16.6. The number of nitro groups is 1. The van der Waals surface area contributed by atoms with E-state index in [2.05, 4.69) is 0 Å². The molecule has 2 aromatic rings. The highest BCUT2D eigenvalue weighted by Crippen LogP contribution is 2.57. The quantitative estimate of drug-likeness (QED) is 0.461. The van der Waals surface area contributed by atoms with Crippen molar-refractivity contribution in [3.63, 3.8) is 0 Å². The lowest BCUT2D eigenvalue weighted by Gasteiger charge is -2.42. The van der Waals surface area contributed by atoms with Crippen LogP contribution in [0.4, 0.5) is 5.69 Å². The smallest absolute Gasteiger partial charge is 0.339 e. The number of phenolic OH excluding ortho intramolecular Hbond substituents is 1. The summed E-state index contributed by atoms with van der Waals surface area (Å²) in [6.45, 7) is 0. The number of esters is 1. The van der Waals surface area contributed by atoms with Crippen molar-refractivity contribution in [2.24, 2.45) is 5.92 Å². The summed E-state index contributed by atoms with van der Waals surface area (Å²) in [5, 5.41) is 21.2. The van der Waals surface area contributed by atoms with Crippen molar-refractivity contribution in [3.8, 4) is 11.5 Å². The van der Waals surface area contributed by atoms with Gasteiger partial charge in [-0.05, 0) is 24.3 Å². The molecule has 2 unspecified atom stereocenters. The molecule has 1 spiro atoms. The number of non-ortho nitro benzene ring substituents is 1. The summed E-state index contributed by atoms with van der Waals surface area (Å²) in [6, 6.07) is 8.23. The highest BCUT2D eigenvalue weighted by molar-refractivity contribution is 6.01. The van der Waals surface area contributed by atoms with Gasteiger partial charge in [0.05, 0.1) is 16.4 Å². The van der Waals surface area contributed by atoms with Crippen molar-refractivity contribution in [1.29, 1.82) is 0 Å². The standard InChI is InChI=1S/C20H11NO7/c22-11-2-5-14-17(8-11)27-18-9-12(23)3-6-15(18)20(14)16-7-10(21(25)26)1-4-13(16)19(24)28-20/h1-9,14,23H. The zero-order chi connectivity index (χ0) is 19.6. The lowest BCUT2D eigenvalue weighted by molar-refractivity contribution is -0.385. The first-order valence-electron chi connectivity index (χ1n) is 8.37. The second-order valence-electron chi connectivity index (χ2n) is 6.68. The van der Waals surface area contributed by atoms with Crippen LogP contribution in [0.15, 0.2) is 60.4 Å². The van der Waals surface area contributed by atoms with Crippen LogP contribution in [0.5, 0.6) is 11.5 Å². The van der Waals surface area contributed by atoms with Crippen molar-refractivity contribution >= 4 is 17.4 Å². The topological polar surface area (TPSA) is 116 Å². The van der Waals surface area contributed by atoms with E-state index >= 15 is 0 Å². The number of phenols is 1. The molecule has 3 aliphatic rings. The molecule has 1 aliphatic carbocycles. The number of fused-ring (bicyclic) bond motifs is 6. The van der Waals surface area contributed by atoms with Crippen molar-refractivity contribution in [1.82, 2.24) is 0 Å².